The lowest BCUT2D eigenvalue weighted by Gasteiger charge is -2.35. The summed E-state index contributed by atoms with van der Waals surface area (Å²) >= 11 is 0. The second kappa shape index (κ2) is 10.7. The summed E-state index contributed by atoms with van der Waals surface area (Å²) in [7, 11) is 0. The number of ketones is 1. The average molecular weight is 512 g/mol. The van der Waals surface area contributed by atoms with Gasteiger partial charge in [-0.15, -0.1) is 0 Å². The molecule has 0 radical (unpaired) electrons. The van der Waals surface area contributed by atoms with Crippen LogP contribution in [0.15, 0.2) is 91.5 Å². The monoisotopic (exact) mass is 511 g/mol. The van der Waals surface area contributed by atoms with E-state index in [2.05, 4.69) is 36.9 Å². The maximum atomic E-state index is 12.7. The highest BCUT2D eigenvalue weighted by Gasteiger charge is 2.20. The van der Waals surface area contributed by atoms with Crippen LogP contribution in [0.2, 0.25) is 0 Å². The van der Waals surface area contributed by atoms with Crippen molar-refractivity contribution in [1.29, 1.82) is 5.26 Å². The highest BCUT2D eigenvalue weighted by atomic mass is 16.1. The Labute approximate surface area is 226 Å². The van der Waals surface area contributed by atoms with E-state index in [1.165, 1.54) is 0 Å². The summed E-state index contributed by atoms with van der Waals surface area (Å²) in [5.41, 5.74) is 5.75. The number of nitrogens with zero attached hydrogens (tertiary/aromatic N) is 7. The van der Waals surface area contributed by atoms with E-state index in [1.54, 1.807) is 42.9 Å². The van der Waals surface area contributed by atoms with Crippen molar-refractivity contribution in [3.8, 4) is 17.2 Å². The Morgan fingerprint density at radius 2 is 1.56 bits per heavy atom. The number of carbonyl (C=O) groups excluding carboxylic acids is 1. The Kier molecular flexibility index (Phi) is 6.62. The molecule has 0 spiro atoms. The first-order valence-electron chi connectivity index (χ1n) is 12.8. The number of benzene rings is 3. The summed E-state index contributed by atoms with van der Waals surface area (Å²) < 4.78 is 0. The number of rotatable bonds is 6. The summed E-state index contributed by atoms with van der Waals surface area (Å²) in [4.78, 5) is 35.4. The van der Waals surface area contributed by atoms with E-state index >= 15 is 0 Å². The third kappa shape index (κ3) is 5.29. The molecule has 0 atom stereocenters. The third-order valence-electron chi connectivity index (χ3n) is 6.97. The van der Waals surface area contributed by atoms with Gasteiger partial charge in [0.15, 0.2) is 5.78 Å². The molecule has 1 aliphatic heterocycles. The van der Waals surface area contributed by atoms with Crippen LogP contribution >= 0.6 is 0 Å². The van der Waals surface area contributed by atoms with Gasteiger partial charge in [-0.1, -0.05) is 42.5 Å². The predicted octanol–water partition coefficient (Wildman–Crippen LogP) is 4.71. The van der Waals surface area contributed by atoms with Gasteiger partial charge in [0.1, 0.15) is 11.6 Å². The van der Waals surface area contributed by atoms with Gasteiger partial charge in [-0.3, -0.25) is 14.8 Å². The van der Waals surface area contributed by atoms with Crippen molar-refractivity contribution in [2.75, 3.05) is 36.0 Å². The number of fused-ring (bicyclic) bond motifs is 1. The van der Waals surface area contributed by atoms with Crippen LogP contribution in [0, 0.1) is 11.3 Å². The molecule has 0 N–H and O–H groups in total. The van der Waals surface area contributed by atoms with E-state index in [9.17, 15) is 4.79 Å². The van der Waals surface area contributed by atoms with Crippen molar-refractivity contribution in [3.05, 3.63) is 108 Å². The summed E-state index contributed by atoms with van der Waals surface area (Å²) in [6, 6.07) is 23.0. The third-order valence-corrected chi connectivity index (χ3v) is 6.97. The van der Waals surface area contributed by atoms with E-state index in [-0.39, 0.29) is 12.2 Å². The number of nitriles is 1. The fourth-order valence-electron chi connectivity index (χ4n) is 4.82. The number of anilines is 2. The fourth-order valence-corrected chi connectivity index (χ4v) is 4.82. The minimum Gasteiger partial charge on any atom is -0.352 e. The number of Topliss-reactive ketones (excluding diaryl/α,β-unsaturated/α-hetero) is 1. The van der Waals surface area contributed by atoms with E-state index in [1.807, 2.05) is 42.6 Å². The van der Waals surface area contributed by atoms with E-state index in [4.69, 9.17) is 10.2 Å². The van der Waals surface area contributed by atoms with Crippen LogP contribution in [0.3, 0.4) is 0 Å². The number of carbonyl (C=O) groups is 1. The van der Waals surface area contributed by atoms with Crippen molar-refractivity contribution in [1.82, 2.24) is 19.9 Å². The van der Waals surface area contributed by atoms with Crippen LogP contribution in [-0.4, -0.2) is 51.9 Å². The molecule has 1 fully saturated rings. The van der Waals surface area contributed by atoms with Crippen LogP contribution < -0.4 is 9.80 Å². The minimum absolute atomic E-state index is 0.00843. The van der Waals surface area contributed by atoms with Gasteiger partial charge in [0.05, 0.1) is 35.1 Å². The fraction of sp³-hybridized carbons (Fsp3) is 0.161. The SMILES string of the molecule is N#Cc1cccc(C(=O)Cc2ccc(-c3ccc4ncc(N5CCN(c6cnccn6)CC5)nc4c3)cc2)c1. The summed E-state index contributed by atoms with van der Waals surface area (Å²) in [5.74, 6) is 1.76. The molecule has 2 aromatic heterocycles. The van der Waals surface area contributed by atoms with Gasteiger partial charge in [-0.25, -0.2) is 9.97 Å². The number of hydrogen-bond acceptors (Lipinski definition) is 8. The lowest BCUT2D eigenvalue weighted by molar-refractivity contribution is 0.0993. The smallest absolute Gasteiger partial charge is 0.167 e. The van der Waals surface area contributed by atoms with Gasteiger partial charge < -0.3 is 9.80 Å². The van der Waals surface area contributed by atoms with Crippen molar-refractivity contribution >= 4 is 28.5 Å². The lowest BCUT2D eigenvalue weighted by atomic mass is 9.98. The van der Waals surface area contributed by atoms with E-state index < -0.39 is 0 Å². The van der Waals surface area contributed by atoms with Gasteiger partial charge in [0.25, 0.3) is 0 Å². The molecule has 8 heteroatoms. The van der Waals surface area contributed by atoms with Crippen molar-refractivity contribution in [2.45, 2.75) is 6.42 Å². The first kappa shape index (κ1) is 24.2. The molecule has 6 rings (SSSR count). The Bertz CT molecular complexity index is 1670. The van der Waals surface area contributed by atoms with Crippen molar-refractivity contribution in [2.24, 2.45) is 0 Å². The number of hydrogen-bond donors (Lipinski definition) is 0. The zero-order chi connectivity index (χ0) is 26.6. The lowest BCUT2D eigenvalue weighted by Crippen LogP contribution is -2.47. The Morgan fingerprint density at radius 3 is 2.31 bits per heavy atom. The molecular weight excluding hydrogens is 486 g/mol. The normalized spacial score (nSPS) is 13.3. The minimum atomic E-state index is -0.00843. The van der Waals surface area contributed by atoms with Crippen LogP contribution in [0.25, 0.3) is 22.2 Å². The Hall–Kier alpha value is -5.16. The van der Waals surface area contributed by atoms with Crippen molar-refractivity contribution < 1.29 is 4.79 Å². The van der Waals surface area contributed by atoms with Crippen LogP contribution in [0.5, 0.6) is 0 Å². The zero-order valence-corrected chi connectivity index (χ0v) is 21.2. The average Bonchev–Trinajstić information content (AvgIpc) is 3.01. The first-order chi connectivity index (χ1) is 19.2. The quantitative estimate of drug-likeness (QED) is 0.302. The van der Waals surface area contributed by atoms with Gasteiger partial charge >= 0.3 is 0 Å². The molecule has 5 aromatic rings. The van der Waals surface area contributed by atoms with Gasteiger partial charge in [0.2, 0.25) is 0 Å². The molecule has 0 unspecified atom stereocenters. The molecule has 1 aliphatic rings. The first-order valence-corrected chi connectivity index (χ1v) is 12.8. The highest BCUT2D eigenvalue weighted by Crippen LogP contribution is 2.25. The van der Waals surface area contributed by atoms with Crippen LogP contribution in [-0.2, 0) is 6.42 Å². The predicted molar refractivity (Wildman–Crippen MR) is 151 cm³/mol. The molecule has 39 heavy (non-hydrogen) atoms. The van der Waals surface area contributed by atoms with Gasteiger partial charge in [-0.2, -0.15) is 5.26 Å². The second-order valence-electron chi connectivity index (χ2n) is 9.46. The molecule has 0 saturated carbocycles. The summed E-state index contributed by atoms with van der Waals surface area (Å²) in [5, 5.41) is 9.09. The van der Waals surface area contributed by atoms with Crippen molar-refractivity contribution in [3.63, 3.8) is 0 Å². The molecule has 0 aliphatic carbocycles. The maximum Gasteiger partial charge on any atom is 0.167 e. The topological polar surface area (TPSA) is 98.9 Å². The highest BCUT2D eigenvalue weighted by molar-refractivity contribution is 5.97. The second-order valence-corrected chi connectivity index (χ2v) is 9.46. The standard InChI is InChI=1S/C31H25N7O/c32-19-23-2-1-3-26(16-23)29(39)17-22-4-6-24(7-5-22)25-8-9-27-28(18-25)36-31(21-35-27)38-14-12-37(13-15-38)30-20-33-10-11-34-30/h1-11,16,18,20-21H,12-15,17H2. The van der Waals surface area contributed by atoms with Gasteiger partial charge in [0, 0.05) is 50.6 Å². The van der Waals surface area contributed by atoms with E-state index in [0.29, 0.717) is 11.1 Å². The summed E-state index contributed by atoms with van der Waals surface area (Å²) in [6.07, 6.45) is 7.33. The molecule has 3 aromatic carbocycles. The van der Waals surface area contributed by atoms with E-state index in [0.717, 1.165) is 65.5 Å². The number of aromatic nitrogens is 4. The molecule has 1 saturated heterocycles. The van der Waals surface area contributed by atoms with Crippen LogP contribution in [0.4, 0.5) is 11.6 Å². The zero-order valence-electron chi connectivity index (χ0n) is 21.2. The molecule has 0 amide bonds. The Morgan fingerprint density at radius 1 is 0.795 bits per heavy atom. The summed E-state index contributed by atoms with van der Waals surface area (Å²) in [6.45, 7) is 3.35. The van der Waals surface area contributed by atoms with Gasteiger partial charge in [-0.05, 0) is 41.0 Å². The molecule has 0 bridgehead atoms. The molecule has 8 nitrogen and oxygen atoms in total. The molecular formula is C31H25N7O. The Balaban J connectivity index is 1.16. The largest absolute Gasteiger partial charge is 0.352 e. The molecule has 190 valence electrons. The van der Waals surface area contributed by atoms with Crippen LogP contribution in [0.1, 0.15) is 21.5 Å². The maximum absolute atomic E-state index is 12.7. The number of piperazine rings is 1. The molecule has 3 heterocycles.